The third kappa shape index (κ3) is 4.03. The molecular weight excluding hydrogens is 360 g/mol. The predicted octanol–water partition coefficient (Wildman–Crippen LogP) is 1.35. The van der Waals surface area contributed by atoms with Crippen molar-refractivity contribution in [2.45, 2.75) is 23.8 Å². The van der Waals surface area contributed by atoms with Gasteiger partial charge in [0, 0.05) is 29.7 Å². The Hall–Kier alpha value is -0.960. The molecule has 1 aliphatic rings. The maximum absolute atomic E-state index is 12.5. The largest absolute Gasteiger partial charge is 0.383 e. The van der Waals surface area contributed by atoms with Crippen LogP contribution >= 0.6 is 15.9 Å². The highest BCUT2D eigenvalue weighted by molar-refractivity contribution is 9.10. The van der Waals surface area contributed by atoms with E-state index in [1.165, 1.54) is 12.1 Å². The fourth-order valence-electron chi connectivity index (χ4n) is 2.05. The van der Waals surface area contributed by atoms with Gasteiger partial charge in [0.1, 0.15) is 0 Å². The second kappa shape index (κ2) is 6.43. The molecule has 0 unspecified atom stereocenters. The molecule has 0 aromatic heterocycles. The summed E-state index contributed by atoms with van der Waals surface area (Å²) in [5.41, 5.74) is 0.310. The van der Waals surface area contributed by atoms with Crippen molar-refractivity contribution in [1.82, 2.24) is 4.90 Å². The molecule has 0 radical (unpaired) electrons. The van der Waals surface area contributed by atoms with E-state index in [1.54, 1.807) is 18.1 Å². The quantitative estimate of drug-likeness (QED) is 0.810. The number of ether oxygens (including phenoxy) is 1. The minimum Gasteiger partial charge on any atom is -0.383 e. The van der Waals surface area contributed by atoms with Gasteiger partial charge in [-0.2, -0.15) is 0 Å². The number of hydrogen-bond acceptors (Lipinski definition) is 4. The lowest BCUT2D eigenvalue weighted by Gasteiger charge is -2.22. The van der Waals surface area contributed by atoms with E-state index >= 15 is 0 Å². The van der Waals surface area contributed by atoms with Crippen molar-refractivity contribution in [1.29, 1.82) is 0 Å². The van der Waals surface area contributed by atoms with Crippen molar-refractivity contribution >= 4 is 31.9 Å². The summed E-state index contributed by atoms with van der Waals surface area (Å²) in [6, 6.07) is 4.64. The molecule has 1 aromatic carbocycles. The third-order valence-electron chi connectivity index (χ3n) is 3.27. The van der Waals surface area contributed by atoms with Gasteiger partial charge in [0.05, 0.1) is 11.5 Å². The van der Waals surface area contributed by atoms with Gasteiger partial charge in [-0.15, -0.1) is 0 Å². The number of carbonyl (C=O) groups is 1. The zero-order chi connectivity index (χ0) is 15.6. The summed E-state index contributed by atoms with van der Waals surface area (Å²) in [6.45, 7) is 0.932. The molecule has 0 aliphatic heterocycles. The van der Waals surface area contributed by atoms with E-state index in [2.05, 4.69) is 15.9 Å². The zero-order valence-corrected chi connectivity index (χ0v) is 14.0. The van der Waals surface area contributed by atoms with Crippen LogP contribution in [-0.2, 0) is 14.8 Å². The summed E-state index contributed by atoms with van der Waals surface area (Å²) in [5, 5.41) is 5.15. The molecule has 1 fully saturated rings. The van der Waals surface area contributed by atoms with Gasteiger partial charge in [0.2, 0.25) is 10.0 Å². The number of methoxy groups -OCH3 is 1. The van der Waals surface area contributed by atoms with E-state index < -0.39 is 10.0 Å². The molecular formula is C13H17BrN2O4S. The summed E-state index contributed by atoms with van der Waals surface area (Å²) in [6.07, 6.45) is 1.93. The molecule has 1 aromatic rings. The predicted molar refractivity (Wildman–Crippen MR) is 81.4 cm³/mol. The van der Waals surface area contributed by atoms with Crippen molar-refractivity contribution < 1.29 is 17.9 Å². The minimum atomic E-state index is -3.88. The molecule has 116 valence electrons. The Morgan fingerprint density at radius 2 is 2.14 bits per heavy atom. The first-order chi connectivity index (χ1) is 9.84. The van der Waals surface area contributed by atoms with E-state index in [9.17, 15) is 13.2 Å². The first-order valence-corrected chi connectivity index (χ1v) is 8.81. The normalized spacial score (nSPS) is 15.0. The number of amides is 1. The van der Waals surface area contributed by atoms with Crippen molar-refractivity contribution in [3.63, 3.8) is 0 Å². The van der Waals surface area contributed by atoms with Gasteiger partial charge < -0.3 is 9.64 Å². The molecule has 0 atom stereocenters. The van der Waals surface area contributed by atoms with Crippen LogP contribution in [0.2, 0.25) is 0 Å². The number of benzene rings is 1. The average molecular weight is 377 g/mol. The lowest BCUT2D eigenvalue weighted by molar-refractivity contribution is 0.0680. The smallest absolute Gasteiger partial charge is 0.254 e. The number of primary sulfonamides is 1. The summed E-state index contributed by atoms with van der Waals surface area (Å²) in [5.74, 6) is -0.202. The molecule has 1 aliphatic carbocycles. The SMILES string of the molecule is COCCN(C(=O)c1ccc(Br)c(S(N)(=O)=O)c1)C1CC1. The molecule has 0 heterocycles. The Morgan fingerprint density at radius 3 is 2.67 bits per heavy atom. The van der Waals surface area contributed by atoms with Gasteiger partial charge in [-0.05, 0) is 47.0 Å². The van der Waals surface area contributed by atoms with Crippen molar-refractivity contribution in [3.05, 3.63) is 28.2 Å². The molecule has 2 N–H and O–H groups in total. The van der Waals surface area contributed by atoms with Crippen LogP contribution in [0.25, 0.3) is 0 Å². The van der Waals surface area contributed by atoms with Gasteiger partial charge >= 0.3 is 0 Å². The monoisotopic (exact) mass is 376 g/mol. The Labute approximate surface area is 132 Å². The topological polar surface area (TPSA) is 89.7 Å². The second-order valence-electron chi connectivity index (χ2n) is 4.91. The summed E-state index contributed by atoms with van der Waals surface area (Å²) >= 11 is 3.13. The second-order valence-corrected chi connectivity index (χ2v) is 7.30. The van der Waals surface area contributed by atoms with Crippen LogP contribution in [0, 0.1) is 0 Å². The van der Waals surface area contributed by atoms with Gasteiger partial charge in [0.25, 0.3) is 5.91 Å². The van der Waals surface area contributed by atoms with E-state index in [0.29, 0.717) is 23.2 Å². The van der Waals surface area contributed by atoms with Crippen LogP contribution < -0.4 is 5.14 Å². The Balaban J connectivity index is 2.29. The number of carbonyl (C=O) groups excluding carboxylic acids is 1. The zero-order valence-electron chi connectivity index (χ0n) is 11.6. The number of halogens is 1. The average Bonchev–Trinajstić information content (AvgIpc) is 3.22. The van der Waals surface area contributed by atoms with Crippen LogP contribution in [0.1, 0.15) is 23.2 Å². The van der Waals surface area contributed by atoms with E-state index in [4.69, 9.17) is 9.88 Å². The van der Waals surface area contributed by atoms with Gasteiger partial charge in [-0.1, -0.05) is 0 Å². The van der Waals surface area contributed by atoms with Crippen molar-refractivity contribution in [3.8, 4) is 0 Å². The van der Waals surface area contributed by atoms with Crippen LogP contribution in [0.4, 0.5) is 0 Å². The molecule has 6 nitrogen and oxygen atoms in total. The molecule has 1 amide bonds. The van der Waals surface area contributed by atoms with E-state index in [-0.39, 0.29) is 16.8 Å². The van der Waals surface area contributed by atoms with Crippen molar-refractivity contribution in [2.75, 3.05) is 20.3 Å². The number of hydrogen-bond donors (Lipinski definition) is 1. The van der Waals surface area contributed by atoms with Crippen LogP contribution in [0.5, 0.6) is 0 Å². The lowest BCUT2D eigenvalue weighted by Crippen LogP contribution is -2.36. The molecule has 21 heavy (non-hydrogen) atoms. The molecule has 0 bridgehead atoms. The molecule has 8 heteroatoms. The Morgan fingerprint density at radius 1 is 1.48 bits per heavy atom. The number of sulfonamides is 1. The van der Waals surface area contributed by atoms with Gasteiger partial charge in [0.15, 0.2) is 0 Å². The Bertz CT molecular complexity index is 644. The first-order valence-electron chi connectivity index (χ1n) is 6.47. The fourth-order valence-corrected chi connectivity index (χ4v) is 3.60. The first kappa shape index (κ1) is 16.4. The summed E-state index contributed by atoms with van der Waals surface area (Å²) < 4.78 is 28.4. The highest BCUT2D eigenvalue weighted by atomic mass is 79.9. The fraction of sp³-hybridized carbons (Fsp3) is 0.462. The van der Waals surface area contributed by atoms with Crippen LogP contribution in [0.15, 0.2) is 27.6 Å². The van der Waals surface area contributed by atoms with Crippen LogP contribution in [-0.4, -0.2) is 45.5 Å². The number of nitrogens with zero attached hydrogens (tertiary/aromatic N) is 1. The number of nitrogens with two attached hydrogens (primary N) is 1. The van der Waals surface area contributed by atoms with Gasteiger partial charge in [-0.25, -0.2) is 13.6 Å². The standard InChI is InChI=1S/C13H17BrN2O4S/c1-20-7-6-16(10-3-4-10)13(17)9-2-5-11(14)12(8-9)21(15,18)19/h2,5,8,10H,3-4,6-7H2,1H3,(H2,15,18,19). The molecule has 0 saturated heterocycles. The van der Waals surface area contributed by atoms with Crippen LogP contribution in [0.3, 0.4) is 0 Å². The molecule has 0 spiro atoms. The van der Waals surface area contributed by atoms with Crippen molar-refractivity contribution in [2.24, 2.45) is 5.14 Å². The van der Waals surface area contributed by atoms with Gasteiger partial charge in [-0.3, -0.25) is 4.79 Å². The summed E-state index contributed by atoms with van der Waals surface area (Å²) in [4.78, 5) is 14.2. The maximum atomic E-state index is 12.5. The minimum absolute atomic E-state index is 0.0872. The van der Waals surface area contributed by atoms with E-state index in [1.807, 2.05) is 0 Å². The Kier molecular flexibility index (Phi) is 5.03. The third-order valence-corrected chi connectivity index (χ3v) is 5.17. The summed E-state index contributed by atoms with van der Waals surface area (Å²) in [7, 11) is -2.30. The molecule has 1 saturated carbocycles. The highest BCUT2D eigenvalue weighted by Crippen LogP contribution is 2.29. The van der Waals surface area contributed by atoms with E-state index in [0.717, 1.165) is 12.8 Å². The lowest BCUT2D eigenvalue weighted by atomic mass is 10.2. The molecule has 2 rings (SSSR count). The highest BCUT2D eigenvalue weighted by Gasteiger charge is 2.33. The number of rotatable bonds is 6. The maximum Gasteiger partial charge on any atom is 0.254 e.